The van der Waals surface area contributed by atoms with Crippen LogP contribution in [-0.4, -0.2) is 117 Å². The van der Waals surface area contributed by atoms with Crippen molar-refractivity contribution in [3.63, 3.8) is 0 Å². The molecule has 3 aliphatic carbocycles. The Bertz CT molecular complexity index is 1910. The molecule has 0 unspecified atom stereocenters. The molecule has 318 valence electrons. The first kappa shape index (κ1) is 44.6. The normalized spacial score (nSPS) is 34.9. The summed E-state index contributed by atoms with van der Waals surface area (Å²) < 4.78 is 47.7. The van der Waals surface area contributed by atoms with Crippen molar-refractivity contribution < 1.29 is 76.5 Å². The number of fused-ring (bicyclic) bond motifs is 4. The van der Waals surface area contributed by atoms with Crippen molar-refractivity contribution in [2.75, 3.05) is 19.8 Å². The van der Waals surface area contributed by atoms with Crippen molar-refractivity contribution in [3.05, 3.63) is 47.0 Å². The largest absolute Gasteiger partial charge is 0.509 e. The molecule has 1 aromatic carbocycles. The van der Waals surface area contributed by atoms with E-state index in [9.17, 15) is 29.1 Å². The number of carbonyl (C=O) groups is 6. The molecule has 0 amide bonds. The van der Waals surface area contributed by atoms with E-state index in [0.29, 0.717) is 0 Å². The summed E-state index contributed by atoms with van der Waals surface area (Å²) in [6, 6.07) is 7.59. The van der Waals surface area contributed by atoms with Gasteiger partial charge >= 0.3 is 30.4 Å². The molecule has 2 saturated heterocycles. The van der Waals surface area contributed by atoms with E-state index in [4.69, 9.17) is 112 Å². The number of ketones is 1. The highest BCUT2D eigenvalue weighted by Crippen LogP contribution is 2.67. The summed E-state index contributed by atoms with van der Waals surface area (Å²) in [5.41, 5.74) is -8.62. The van der Waals surface area contributed by atoms with Gasteiger partial charge in [0, 0.05) is 18.8 Å². The number of ether oxygens (including phenoxy) is 9. The summed E-state index contributed by atoms with van der Waals surface area (Å²) in [5.74, 6) is -4.71. The minimum absolute atomic E-state index is 0.00311. The first-order valence-corrected chi connectivity index (χ1v) is 19.8. The van der Waals surface area contributed by atoms with E-state index < -0.39 is 135 Å². The molecule has 2 saturated carbocycles. The fraction of sp³-hybridized carbons (Fsp3) is 0.611. The molecule has 58 heavy (non-hydrogen) atoms. The number of aliphatic hydroxyl groups is 1. The van der Waals surface area contributed by atoms with Gasteiger partial charge in [-0.2, -0.15) is 0 Å². The number of Topliss-reactive ketones (excluding diaryl/α,β-unsaturated/α-hetero) is 1. The lowest BCUT2D eigenvalue weighted by atomic mass is 9.44. The SMILES string of the molecule is CC(=O)O[C@@]12CO[C@@H]1C[C@H](OC(=O)OCC(Cl)(Cl)Cl)[C@@]1(C)C(=O)[C@H](OC(=O)OCC(Cl)(Cl)Cl)C3=C(C)[C@@H](O)[C@@H]4OC(=O)O[C@]4([C@@H](OC(=O)c4ccccc4)[C@H]21)C3(C)C. The lowest BCUT2D eigenvalue weighted by molar-refractivity contribution is -0.345. The van der Waals surface area contributed by atoms with Gasteiger partial charge in [0.05, 0.1) is 23.5 Å². The lowest BCUT2D eigenvalue weighted by Gasteiger charge is -2.67. The van der Waals surface area contributed by atoms with Crippen molar-refractivity contribution in [2.45, 2.75) is 96.5 Å². The molecule has 1 N–H and O–H groups in total. The highest BCUT2D eigenvalue weighted by atomic mass is 35.6. The Morgan fingerprint density at radius 2 is 1.48 bits per heavy atom. The second-order valence-electron chi connectivity index (χ2n) is 15.2. The highest BCUT2D eigenvalue weighted by Gasteiger charge is 2.83. The first-order valence-electron chi connectivity index (χ1n) is 17.5. The zero-order valence-electron chi connectivity index (χ0n) is 31.1. The van der Waals surface area contributed by atoms with Crippen molar-refractivity contribution in [3.8, 4) is 0 Å². The van der Waals surface area contributed by atoms with Gasteiger partial charge in [-0.3, -0.25) is 9.59 Å². The van der Waals surface area contributed by atoms with Crippen LogP contribution in [0.2, 0.25) is 0 Å². The number of benzene rings is 1. The third-order valence-electron chi connectivity index (χ3n) is 11.5. The molecule has 2 heterocycles. The van der Waals surface area contributed by atoms with Gasteiger partial charge in [-0.05, 0) is 37.1 Å². The smallest absolute Gasteiger partial charge is 0.454 e. The summed E-state index contributed by atoms with van der Waals surface area (Å²) in [5, 5.41) is 12.0. The second-order valence-corrected chi connectivity index (χ2v) is 20.2. The minimum Gasteiger partial charge on any atom is -0.454 e. The van der Waals surface area contributed by atoms with Crippen molar-refractivity contribution >= 4 is 106 Å². The molecule has 2 bridgehead atoms. The van der Waals surface area contributed by atoms with Gasteiger partial charge in [0.2, 0.25) is 13.2 Å². The molecule has 10 atom stereocenters. The topological polar surface area (TPSA) is 206 Å². The zero-order valence-corrected chi connectivity index (χ0v) is 35.6. The first-order chi connectivity index (χ1) is 26.8. The average molecular weight is 937 g/mol. The molecule has 4 fully saturated rings. The number of hydrogen-bond acceptors (Lipinski definition) is 16. The number of alkyl halides is 6. The summed E-state index contributed by atoms with van der Waals surface area (Å²) in [6.07, 6.45) is -15.1. The van der Waals surface area contributed by atoms with E-state index in [-0.39, 0.29) is 16.7 Å². The van der Waals surface area contributed by atoms with Crippen LogP contribution in [0.5, 0.6) is 0 Å². The van der Waals surface area contributed by atoms with Crippen LogP contribution in [0.15, 0.2) is 41.5 Å². The highest BCUT2D eigenvalue weighted by molar-refractivity contribution is 6.68. The summed E-state index contributed by atoms with van der Waals surface area (Å²) >= 11 is 34.9. The Hall–Kier alpha value is -2.96. The fourth-order valence-corrected chi connectivity index (χ4v) is 9.52. The van der Waals surface area contributed by atoms with Crippen LogP contribution in [0.1, 0.15) is 51.4 Å². The monoisotopic (exact) mass is 934 g/mol. The number of rotatable bonds is 7. The van der Waals surface area contributed by atoms with Crippen molar-refractivity contribution in [2.24, 2.45) is 16.7 Å². The van der Waals surface area contributed by atoms with Crippen LogP contribution in [-0.2, 0) is 52.2 Å². The molecule has 0 aromatic heterocycles. The number of halogens is 6. The quantitative estimate of drug-likeness (QED) is 0.138. The Morgan fingerprint density at radius 3 is 2.02 bits per heavy atom. The maximum atomic E-state index is 15.8. The lowest BCUT2D eigenvalue weighted by Crippen LogP contribution is -2.83. The van der Waals surface area contributed by atoms with E-state index >= 15 is 4.79 Å². The second kappa shape index (κ2) is 15.5. The van der Waals surface area contributed by atoms with Crippen LogP contribution in [0, 0.1) is 16.7 Å². The molecule has 5 aliphatic rings. The van der Waals surface area contributed by atoms with Gasteiger partial charge in [-0.1, -0.05) is 102 Å². The van der Waals surface area contributed by atoms with Crippen LogP contribution in [0.3, 0.4) is 0 Å². The minimum atomic E-state index is -2.36. The van der Waals surface area contributed by atoms with Gasteiger partial charge in [-0.15, -0.1) is 0 Å². The van der Waals surface area contributed by atoms with Crippen LogP contribution >= 0.6 is 69.6 Å². The average Bonchev–Trinajstić information content (AvgIpc) is 3.49. The van der Waals surface area contributed by atoms with Gasteiger partial charge in [0.1, 0.15) is 31.5 Å². The molecule has 1 spiro atoms. The van der Waals surface area contributed by atoms with E-state index in [1.807, 2.05) is 0 Å². The zero-order chi connectivity index (χ0) is 43.0. The van der Waals surface area contributed by atoms with Crippen molar-refractivity contribution in [1.82, 2.24) is 0 Å². The van der Waals surface area contributed by atoms with Gasteiger partial charge in [0.25, 0.3) is 0 Å². The van der Waals surface area contributed by atoms with Crippen molar-refractivity contribution in [1.29, 1.82) is 0 Å². The Kier molecular flexibility index (Phi) is 11.9. The molecule has 2 aliphatic heterocycles. The van der Waals surface area contributed by atoms with Crippen LogP contribution < -0.4 is 0 Å². The Morgan fingerprint density at radius 1 is 0.897 bits per heavy atom. The molecule has 0 radical (unpaired) electrons. The third-order valence-corrected chi connectivity index (χ3v) is 12.2. The van der Waals surface area contributed by atoms with E-state index in [0.717, 1.165) is 6.92 Å². The molecule has 6 rings (SSSR count). The standard InChI is InChI=1S/C36H36Cl6O16/c1-15-20-22(54-29(48)52-14-35(40,41)42)24(45)32(5)18(53-28(47)51-13-34(37,38)39)11-19-33(12-50-19,57-16(2)43)23(32)26(55-27(46)17-9-7-6-8-10-17)36(31(20,3)4)25(21(15)44)56-30(49)58-36/h6-10,18-19,21-23,25-26,44H,11-14H2,1-5H3/t18-,19+,21+,22+,23-,25-,26-,32+,33-,36+/m0/s1. The molecular formula is C36H36Cl6O16. The van der Waals surface area contributed by atoms with E-state index in [2.05, 4.69) is 0 Å². The maximum absolute atomic E-state index is 15.8. The summed E-state index contributed by atoms with van der Waals surface area (Å²) in [6.45, 7) is 4.63. The fourth-order valence-electron chi connectivity index (χ4n) is 9.19. The number of hydrogen-bond donors (Lipinski definition) is 1. The van der Waals surface area contributed by atoms with Gasteiger partial charge < -0.3 is 47.7 Å². The van der Waals surface area contributed by atoms with Gasteiger partial charge in [-0.25, -0.2) is 19.2 Å². The number of aliphatic hydroxyl groups excluding tert-OH is 1. The molecule has 1 aromatic rings. The predicted molar refractivity (Wildman–Crippen MR) is 201 cm³/mol. The number of esters is 2. The summed E-state index contributed by atoms with van der Waals surface area (Å²) in [4.78, 5) is 83.6. The maximum Gasteiger partial charge on any atom is 0.509 e. The Balaban J connectivity index is 1.66. The third kappa shape index (κ3) is 7.54. The van der Waals surface area contributed by atoms with Gasteiger partial charge in [0.15, 0.2) is 29.7 Å². The molecule has 16 nitrogen and oxygen atoms in total. The predicted octanol–water partition coefficient (Wildman–Crippen LogP) is 6.30. The van der Waals surface area contributed by atoms with Crippen LogP contribution in [0.4, 0.5) is 14.4 Å². The molecule has 22 heteroatoms. The number of carbonyl (C=O) groups excluding carboxylic acids is 6. The van der Waals surface area contributed by atoms with E-state index in [1.54, 1.807) is 18.2 Å². The molecular weight excluding hydrogens is 901 g/mol. The summed E-state index contributed by atoms with van der Waals surface area (Å²) in [7, 11) is 0. The van der Waals surface area contributed by atoms with Crippen LogP contribution in [0.25, 0.3) is 0 Å². The van der Waals surface area contributed by atoms with E-state index in [1.165, 1.54) is 39.8 Å². The Labute approximate surface area is 360 Å².